The van der Waals surface area contributed by atoms with Gasteiger partial charge < -0.3 is 24.8 Å². The quantitative estimate of drug-likeness (QED) is 0.465. The summed E-state index contributed by atoms with van der Waals surface area (Å²) in [5, 5.41) is 24.0. The Labute approximate surface area is 175 Å². The third-order valence-corrected chi connectivity index (χ3v) is 5.23. The Morgan fingerprint density at radius 1 is 1.00 bits per heavy atom. The number of anilines is 2. The molecule has 5 rings (SSSR count). The maximum absolute atomic E-state index is 13.4. The zero-order chi connectivity index (χ0) is 21.5. The number of ether oxygens (including phenoxy) is 1. The Kier molecular flexibility index (Phi) is 4.85. The monoisotopic (exact) mass is 424 g/mol. The van der Waals surface area contributed by atoms with Crippen molar-refractivity contribution in [1.29, 1.82) is 0 Å². The number of hydrogen-bond donors (Lipinski definition) is 3. The van der Waals surface area contributed by atoms with Gasteiger partial charge in [-0.3, -0.25) is 0 Å². The average molecular weight is 424 g/mol. The largest absolute Gasteiger partial charge is 0.388 e. The number of aliphatic hydroxyl groups is 2. The van der Waals surface area contributed by atoms with Crippen molar-refractivity contribution in [3.8, 4) is 11.1 Å². The van der Waals surface area contributed by atoms with Gasteiger partial charge in [0.1, 0.15) is 29.5 Å². The van der Waals surface area contributed by atoms with Crippen LogP contribution in [0, 0.1) is 11.6 Å². The fraction of sp³-hybridized carbons (Fsp3) is 0.182. The van der Waals surface area contributed by atoms with Crippen LogP contribution >= 0.6 is 0 Å². The summed E-state index contributed by atoms with van der Waals surface area (Å²) in [7, 11) is 0. The number of fused-ring (bicyclic) bond motifs is 1. The fourth-order valence-corrected chi connectivity index (χ4v) is 3.63. The number of aromatic nitrogens is 3. The van der Waals surface area contributed by atoms with Gasteiger partial charge in [0.25, 0.3) is 0 Å². The Morgan fingerprint density at radius 2 is 1.68 bits per heavy atom. The number of benzene rings is 2. The molecule has 2 aromatic heterocycles. The third kappa shape index (κ3) is 3.63. The van der Waals surface area contributed by atoms with Crippen molar-refractivity contribution in [1.82, 2.24) is 14.5 Å². The van der Waals surface area contributed by atoms with Gasteiger partial charge in [0.2, 0.25) is 5.95 Å². The molecule has 4 aromatic rings. The van der Waals surface area contributed by atoms with Gasteiger partial charge in [0.05, 0.1) is 6.61 Å². The summed E-state index contributed by atoms with van der Waals surface area (Å²) < 4.78 is 33.8. The summed E-state index contributed by atoms with van der Waals surface area (Å²) in [6.45, 7) is -0.0108. The normalized spacial score (nSPS) is 21.0. The first-order chi connectivity index (χ1) is 15.0. The highest BCUT2D eigenvalue weighted by Crippen LogP contribution is 2.35. The van der Waals surface area contributed by atoms with E-state index in [4.69, 9.17) is 4.74 Å². The minimum absolute atomic E-state index is 0.0108. The SMILES string of the molecule is O[C@@H]1[C@H](O)CO[C@H]1n1cc(-c2ccc(F)cc2)c2cnc(Nc3ccc(F)cc3)nc21. The molecule has 9 heteroatoms. The second-order valence-corrected chi connectivity index (χ2v) is 7.30. The molecule has 1 aliphatic heterocycles. The molecule has 3 N–H and O–H groups in total. The van der Waals surface area contributed by atoms with Crippen molar-refractivity contribution in [3.63, 3.8) is 0 Å². The van der Waals surface area contributed by atoms with Crippen molar-refractivity contribution < 1.29 is 23.7 Å². The molecule has 1 fully saturated rings. The molecule has 2 aromatic carbocycles. The van der Waals surface area contributed by atoms with Crippen molar-refractivity contribution in [2.45, 2.75) is 18.4 Å². The Bertz CT molecular complexity index is 1230. The smallest absolute Gasteiger partial charge is 0.229 e. The van der Waals surface area contributed by atoms with Gasteiger partial charge in [-0.1, -0.05) is 12.1 Å². The van der Waals surface area contributed by atoms with Gasteiger partial charge in [0.15, 0.2) is 6.23 Å². The number of rotatable bonds is 4. The van der Waals surface area contributed by atoms with Crippen LogP contribution in [-0.4, -0.2) is 43.6 Å². The molecule has 158 valence electrons. The molecule has 1 saturated heterocycles. The zero-order valence-corrected chi connectivity index (χ0v) is 16.1. The van der Waals surface area contributed by atoms with Crippen LogP contribution in [0.2, 0.25) is 0 Å². The van der Waals surface area contributed by atoms with Gasteiger partial charge in [-0.2, -0.15) is 4.98 Å². The molecule has 3 atom stereocenters. The van der Waals surface area contributed by atoms with Crippen LogP contribution in [0.3, 0.4) is 0 Å². The second kappa shape index (κ2) is 7.69. The Morgan fingerprint density at radius 3 is 2.32 bits per heavy atom. The summed E-state index contributed by atoms with van der Waals surface area (Å²) in [6, 6.07) is 11.8. The summed E-state index contributed by atoms with van der Waals surface area (Å²) in [5.41, 5.74) is 2.52. The summed E-state index contributed by atoms with van der Waals surface area (Å²) in [4.78, 5) is 8.91. The molecule has 0 spiro atoms. The van der Waals surface area contributed by atoms with Crippen LogP contribution in [0.15, 0.2) is 60.9 Å². The van der Waals surface area contributed by atoms with E-state index in [1.54, 1.807) is 41.2 Å². The molecule has 31 heavy (non-hydrogen) atoms. The van der Waals surface area contributed by atoms with E-state index >= 15 is 0 Å². The second-order valence-electron chi connectivity index (χ2n) is 7.30. The molecule has 7 nitrogen and oxygen atoms in total. The molecule has 3 heterocycles. The summed E-state index contributed by atoms with van der Waals surface area (Å²) in [6.07, 6.45) is 0.345. The van der Waals surface area contributed by atoms with Crippen LogP contribution in [-0.2, 0) is 4.74 Å². The standard InChI is InChI=1S/C22H18F2N4O3/c23-13-3-1-12(2-4-13)17-10-28(21-19(30)18(29)11-31-21)20-16(17)9-25-22(27-20)26-15-7-5-14(24)6-8-15/h1-10,18-19,21,29-30H,11H2,(H,25,26,27)/t18-,19-,21-/m1/s1. The predicted octanol–water partition coefficient (Wildman–Crippen LogP) is 3.37. The van der Waals surface area contributed by atoms with Gasteiger partial charge in [-0.25, -0.2) is 13.8 Å². The highest BCUT2D eigenvalue weighted by atomic mass is 19.1. The minimum atomic E-state index is -1.14. The minimum Gasteiger partial charge on any atom is -0.388 e. The van der Waals surface area contributed by atoms with Gasteiger partial charge in [-0.15, -0.1) is 0 Å². The van der Waals surface area contributed by atoms with Gasteiger partial charge >= 0.3 is 0 Å². The van der Waals surface area contributed by atoms with E-state index in [9.17, 15) is 19.0 Å². The van der Waals surface area contributed by atoms with Crippen molar-refractivity contribution >= 4 is 22.7 Å². The lowest BCUT2D eigenvalue weighted by molar-refractivity contribution is -0.0159. The fourth-order valence-electron chi connectivity index (χ4n) is 3.63. The van der Waals surface area contributed by atoms with Crippen molar-refractivity contribution in [3.05, 3.63) is 72.6 Å². The number of hydrogen-bond acceptors (Lipinski definition) is 6. The lowest BCUT2D eigenvalue weighted by Gasteiger charge is -2.17. The van der Waals surface area contributed by atoms with Crippen LogP contribution in [0.5, 0.6) is 0 Å². The van der Waals surface area contributed by atoms with Crippen LogP contribution < -0.4 is 5.32 Å². The highest BCUT2D eigenvalue weighted by Gasteiger charge is 2.37. The first kappa shape index (κ1) is 19.6. The predicted molar refractivity (Wildman–Crippen MR) is 110 cm³/mol. The maximum atomic E-state index is 13.4. The van der Waals surface area contributed by atoms with E-state index in [1.165, 1.54) is 24.3 Å². The molecule has 0 amide bonds. The molecule has 0 unspecified atom stereocenters. The number of aliphatic hydroxyl groups excluding tert-OH is 2. The first-order valence-electron chi connectivity index (χ1n) is 9.63. The lowest BCUT2D eigenvalue weighted by atomic mass is 10.1. The van der Waals surface area contributed by atoms with E-state index in [2.05, 4.69) is 15.3 Å². The molecule has 0 radical (unpaired) electrons. The first-order valence-corrected chi connectivity index (χ1v) is 9.63. The molecule has 0 aliphatic carbocycles. The lowest BCUT2D eigenvalue weighted by Crippen LogP contribution is -2.28. The third-order valence-electron chi connectivity index (χ3n) is 5.23. The molecular formula is C22H18F2N4O3. The van der Waals surface area contributed by atoms with Crippen molar-refractivity contribution in [2.24, 2.45) is 0 Å². The highest BCUT2D eigenvalue weighted by molar-refractivity contribution is 5.94. The number of nitrogens with one attached hydrogen (secondary N) is 1. The number of halogens is 2. The van der Waals surface area contributed by atoms with E-state index in [0.717, 1.165) is 11.1 Å². The molecular weight excluding hydrogens is 406 g/mol. The van der Waals surface area contributed by atoms with Crippen LogP contribution in [0.1, 0.15) is 6.23 Å². The summed E-state index contributed by atoms with van der Waals surface area (Å²) >= 11 is 0. The van der Waals surface area contributed by atoms with E-state index in [0.29, 0.717) is 16.7 Å². The average Bonchev–Trinajstić information content (AvgIpc) is 3.30. The van der Waals surface area contributed by atoms with E-state index < -0.39 is 18.4 Å². The molecule has 0 bridgehead atoms. The molecule has 1 aliphatic rings. The molecule has 0 saturated carbocycles. The van der Waals surface area contributed by atoms with Crippen LogP contribution in [0.4, 0.5) is 20.4 Å². The van der Waals surface area contributed by atoms with Crippen molar-refractivity contribution in [2.75, 3.05) is 11.9 Å². The van der Waals surface area contributed by atoms with Gasteiger partial charge in [-0.05, 0) is 42.0 Å². The Hall–Kier alpha value is -3.40. The maximum Gasteiger partial charge on any atom is 0.229 e. The zero-order valence-electron chi connectivity index (χ0n) is 16.1. The van der Waals surface area contributed by atoms with E-state index in [1.807, 2.05) is 0 Å². The Balaban J connectivity index is 1.61. The van der Waals surface area contributed by atoms with E-state index in [-0.39, 0.29) is 24.2 Å². The van der Waals surface area contributed by atoms with Crippen LogP contribution in [0.25, 0.3) is 22.2 Å². The topological polar surface area (TPSA) is 92.4 Å². The van der Waals surface area contributed by atoms with Gasteiger partial charge in [0, 0.05) is 29.0 Å². The number of nitrogens with zero attached hydrogens (tertiary/aromatic N) is 3. The summed E-state index contributed by atoms with van der Waals surface area (Å²) in [5.74, 6) is -0.449.